The SMILES string of the molecule is Cc1ccc(S(=O)(=O)Nc2cccc(C(=O)NCCSCc3ccco3)c2)cc1. The lowest BCUT2D eigenvalue weighted by Crippen LogP contribution is -2.26. The number of sulfonamides is 1. The fourth-order valence-electron chi connectivity index (χ4n) is 2.56. The molecule has 1 heterocycles. The van der Waals surface area contributed by atoms with E-state index in [9.17, 15) is 13.2 Å². The summed E-state index contributed by atoms with van der Waals surface area (Å²) in [5, 5.41) is 2.84. The van der Waals surface area contributed by atoms with Crippen LogP contribution in [0.5, 0.6) is 0 Å². The summed E-state index contributed by atoms with van der Waals surface area (Å²) in [6.45, 7) is 2.39. The number of carbonyl (C=O) groups excluding carboxylic acids is 1. The molecule has 2 N–H and O–H groups in total. The molecule has 0 fully saturated rings. The fraction of sp³-hybridized carbons (Fsp3) is 0.190. The molecule has 0 spiro atoms. The Morgan fingerprint density at radius 2 is 1.86 bits per heavy atom. The van der Waals surface area contributed by atoms with E-state index in [1.807, 2.05) is 19.1 Å². The van der Waals surface area contributed by atoms with Crippen molar-refractivity contribution < 1.29 is 17.6 Å². The maximum atomic E-state index is 12.5. The first-order valence-electron chi connectivity index (χ1n) is 9.02. The second kappa shape index (κ2) is 9.67. The van der Waals surface area contributed by atoms with Crippen LogP contribution < -0.4 is 10.0 Å². The number of amides is 1. The van der Waals surface area contributed by atoms with Crippen molar-refractivity contribution in [1.29, 1.82) is 0 Å². The van der Waals surface area contributed by atoms with E-state index < -0.39 is 10.0 Å². The molecule has 2 aromatic carbocycles. The van der Waals surface area contributed by atoms with E-state index in [-0.39, 0.29) is 10.8 Å². The van der Waals surface area contributed by atoms with Crippen LogP contribution in [-0.2, 0) is 15.8 Å². The van der Waals surface area contributed by atoms with Gasteiger partial charge in [-0.25, -0.2) is 8.42 Å². The number of hydrogen-bond donors (Lipinski definition) is 2. The normalized spacial score (nSPS) is 11.2. The van der Waals surface area contributed by atoms with Crippen molar-refractivity contribution in [3.8, 4) is 0 Å². The van der Waals surface area contributed by atoms with Gasteiger partial charge in [0.2, 0.25) is 0 Å². The van der Waals surface area contributed by atoms with Crippen LogP contribution in [0.3, 0.4) is 0 Å². The smallest absolute Gasteiger partial charge is 0.261 e. The topological polar surface area (TPSA) is 88.4 Å². The molecular formula is C21H22N2O4S2. The molecule has 29 heavy (non-hydrogen) atoms. The third kappa shape index (κ3) is 6.13. The first kappa shape index (κ1) is 21.0. The zero-order valence-electron chi connectivity index (χ0n) is 15.9. The Morgan fingerprint density at radius 1 is 1.07 bits per heavy atom. The minimum absolute atomic E-state index is 0.173. The second-order valence-electron chi connectivity index (χ2n) is 6.39. The van der Waals surface area contributed by atoms with Gasteiger partial charge in [0, 0.05) is 23.5 Å². The quantitative estimate of drug-likeness (QED) is 0.500. The summed E-state index contributed by atoms with van der Waals surface area (Å²) >= 11 is 1.66. The van der Waals surface area contributed by atoms with E-state index in [1.165, 1.54) is 6.07 Å². The number of thioether (sulfide) groups is 1. The number of carbonyl (C=O) groups is 1. The highest BCUT2D eigenvalue weighted by molar-refractivity contribution is 7.98. The molecule has 8 heteroatoms. The van der Waals surface area contributed by atoms with Crippen LogP contribution in [0.25, 0.3) is 0 Å². The van der Waals surface area contributed by atoms with Gasteiger partial charge in [0.25, 0.3) is 15.9 Å². The van der Waals surface area contributed by atoms with Crippen LogP contribution >= 0.6 is 11.8 Å². The van der Waals surface area contributed by atoms with Crippen LogP contribution in [0.2, 0.25) is 0 Å². The summed E-state index contributed by atoms with van der Waals surface area (Å²) in [6, 6.07) is 16.8. The molecule has 3 rings (SSSR count). The summed E-state index contributed by atoms with van der Waals surface area (Å²) in [4.78, 5) is 12.5. The van der Waals surface area contributed by atoms with Crippen molar-refractivity contribution in [2.24, 2.45) is 0 Å². The monoisotopic (exact) mass is 430 g/mol. The molecule has 0 radical (unpaired) electrons. The Morgan fingerprint density at radius 3 is 2.59 bits per heavy atom. The van der Waals surface area contributed by atoms with Crippen molar-refractivity contribution >= 4 is 33.4 Å². The van der Waals surface area contributed by atoms with Crippen LogP contribution in [-0.4, -0.2) is 26.6 Å². The lowest BCUT2D eigenvalue weighted by atomic mass is 10.2. The number of nitrogens with one attached hydrogen (secondary N) is 2. The van der Waals surface area contributed by atoms with Gasteiger partial charge >= 0.3 is 0 Å². The molecule has 152 valence electrons. The van der Waals surface area contributed by atoms with Crippen molar-refractivity contribution in [3.63, 3.8) is 0 Å². The van der Waals surface area contributed by atoms with E-state index in [0.29, 0.717) is 17.8 Å². The van der Waals surface area contributed by atoms with Crippen molar-refractivity contribution in [3.05, 3.63) is 83.8 Å². The number of aryl methyl sites for hydroxylation is 1. The number of benzene rings is 2. The average Bonchev–Trinajstić information content (AvgIpc) is 3.21. The fourth-order valence-corrected chi connectivity index (χ4v) is 4.37. The largest absolute Gasteiger partial charge is 0.468 e. The first-order valence-corrected chi connectivity index (χ1v) is 11.7. The molecule has 0 atom stereocenters. The predicted octanol–water partition coefficient (Wildman–Crippen LogP) is 4.05. The highest BCUT2D eigenvalue weighted by Crippen LogP contribution is 2.18. The standard InChI is InChI=1S/C21H22N2O4S2/c1-16-7-9-20(10-8-16)29(25,26)23-18-5-2-4-17(14-18)21(24)22-11-13-28-15-19-6-3-12-27-19/h2-10,12,14,23H,11,13,15H2,1H3,(H,22,24). The van der Waals surface area contributed by atoms with Gasteiger partial charge in [-0.2, -0.15) is 11.8 Å². The highest BCUT2D eigenvalue weighted by atomic mass is 32.2. The van der Waals surface area contributed by atoms with Gasteiger partial charge in [0.1, 0.15) is 5.76 Å². The zero-order chi connectivity index (χ0) is 20.7. The molecule has 0 aliphatic heterocycles. The molecule has 0 saturated heterocycles. The molecule has 3 aromatic rings. The van der Waals surface area contributed by atoms with E-state index >= 15 is 0 Å². The zero-order valence-corrected chi connectivity index (χ0v) is 17.6. The first-order chi connectivity index (χ1) is 13.9. The number of anilines is 1. The summed E-state index contributed by atoms with van der Waals surface area (Å²) < 4.78 is 32.8. The van der Waals surface area contributed by atoms with Gasteiger partial charge in [-0.1, -0.05) is 23.8 Å². The third-order valence-corrected chi connectivity index (χ3v) is 6.44. The van der Waals surface area contributed by atoms with E-state index in [2.05, 4.69) is 10.0 Å². The summed E-state index contributed by atoms with van der Waals surface area (Å²) in [6.07, 6.45) is 1.64. The van der Waals surface area contributed by atoms with Gasteiger partial charge in [0.05, 0.1) is 16.9 Å². The van der Waals surface area contributed by atoms with Gasteiger partial charge in [-0.05, 0) is 49.4 Å². The molecule has 0 aliphatic carbocycles. The van der Waals surface area contributed by atoms with E-state index in [4.69, 9.17) is 4.42 Å². The highest BCUT2D eigenvalue weighted by Gasteiger charge is 2.15. The van der Waals surface area contributed by atoms with Gasteiger partial charge in [0.15, 0.2) is 0 Å². The third-order valence-electron chi connectivity index (χ3n) is 4.06. The number of hydrogen-bond acceptors (Lipinski definition) is 5. The molecule has 0 unspecified atom stereocenters. The molecule has 0 aliphatic rings. The summed E-state index contributed by atoms with van der Waals surface area (Å²) in [5.74, 6) is 2.14. The summed E-state index contributed by atoms with van der Waals surface area (Å²) in [5.41, 5.74) is 1.71. The van der Waals surface area contributed by atoms with Crippen LogP contribution in [0.4, 0.5) is 5.69 Å². The maximum Gasteiger partial charge on any atom is 0.261 e. The average molecular weight is 431 g/mol. The van der Waals surface area contributed by atoms with Crippen molar-refractivity contribution in [2.45, 2.75) is 17.6 Å². The lowest BCUT2D eigenvalue weighted by Gasteiger charge is -2.10. The van der Waals surface area contributed by atoms with Crippen LogP contribution in [0, 0.1) is 6.92 Å². The van der Waals surface area contributed by atoms with Crippen molar-refractivity contribution in [2.75, 3.05) is 17.0 Å². The molecule has 6 nitrogen and oxygen atoms in total. The Bertz CT molecular complexity index is 1050. The minimum Gasteiger partial charge on any atom is -0.468 e. The molecule has 0 saturated carbocycles. The predicted molar refractivity (Wildman–Crippen MR) is 116 cm³/mol. The molecular weight excluding hydrogens is 408 g/mol. The van der Waals surface area contributed by atoms with Crippen LogP contribution in [0.15, 0.2) is 76.2 Å². The van der Waals surface area contributed by atoms with Crippen molar-refractivity contribution in [1.82, 2.24) is 5.32 Å². The summed E-state index contributed by atoms with van der Waals surface area (Å²) in [7, 11) is -3.71. The van der Waals surface area contributed by atoms with Gasteiger partial charge in [-0.3, -0.25) is 9.52 Å². The molecule has 1 aromatic heterocycles. The Kier molecular flexibility index (Phi) is 7.00. The molecule has 1 amide bonds. The van der Waals surface area contributed by atoms with Crippen LogP contribution in [0.1, 0.15) is 21.7 Å². The Labute approximate surface area is 174 Å². The maximum absolute atomic E-state index is 12.5. The van der Waals surface area contributed by atoms with E-state index in [0.717, 1.165) is 22.8 Å². The van der Waals surface area contributed by atoms with E-state index in [1.54, 1.807) is 60.5 Å². The second-order valence-corrected chi connectivity index (χ2v) is 9.17. The minimum atomic E-state index is -3.71. The lowest BCUT2D eigenvalue weighted by molar-refractivity contribution is 0.0956. The molecule has 0 bridgehead atoms. The Balaban J connectivity index is 1.54. The van der Waals surface area contributed by atoms with Gasteiger partial charge in [-0.15, -0.1) is 0 Å². The number of furan rings is 1. The number of rotatable bonds is 9. The Hall–Kier alpha value is -2.71. The van der Waals surface area contributed by atoms with Gasteiger partial charge < -0.3 is 9.73 Å².